The molecule has 2 heterocycles. The molecule has 1 aromatic heterocycles. The van der Waals surface area contributed by atoms with Crippen molar-refractivity contribution >= 4 is 27.5 Å². The van der Waals surface area contributed by atoms with Gasteiger partial charge < -0.3 is 19.5 Å². The van der Waals surface area contributed by atoms with Gasteiger partial charge in [-0.25, -0.2) is 4.98 Å². The van der Waals surface area contributed by atoms with E-state index in [1.54, 1.807) is 7.11 Å². The first-order valence-electron chi connectivity index (χ1n) is 10.9. The highest BCUT2D eigenvalue weighted by Crippen LogP contribution is 2.40. The summed E-state index contributed by atoms with van der Waals surface area (Å²) in [5.74, 6) is 1.51. The van der Waals surface area contributed by atoms with Gasteiger partial charge >= 0.3 is 0 Å². The van der Waals surface area contributed by atoms with Gasteiger partial charge in [-0.05, 0) is 31.4 Å². The number of nitrogens with one attached hydrogen (secondary N) is 1. The maximum atomic E-state index is 6.13. The predicted molar refractivity (Wildman–Crippen MR) is 120 cm³/mol. The van der Waals surface area contributed by atoms with Crippen LogP contribution >= 0.6 is 0 Å². The molecule has 2 aromatic carbocycles. The normalized spacial score (nSPS) is 17.4. The average Bonchev–Trinajstić information content (AvgIpc) is 3.61. The topological polar surface area (TPSA) is 55.8 Å². The maximum absolute atomic E-state index is 6.13. The molecule has 0 bridgehead atoms. The summed E-state index contributed by atoms with van der Waals surface area (Å²) in [4.78, 5) is 7.33. The molecule has 5 rings (SSSR count). The van der Waals surface area contributed by atoms with Gasteiger partial charge in [-0.15, -0.1) is 0 Å². The number of benzene rings is 2. The molecule has 1 saturated heterocycles. The molecule has 2 aliphatic rings. The summed E-state index contributed by atoms with van der Waals surface area (Å²) in [5, 5.41) is 5.94. The minimum atomic E-state index is 0.557. The minimum Gasteiger partial charge on any atom is -0.493 e. The van der Waals surface area contributed by atoms with Gasteiger partial charge in [0, 0.05) is 42.5 Å². The van der Waals surface area contributed by atoms with Crippen molar-refractivity contribution in [2.45, 2.75) is 25.3 Å². The van der Waals surface area contributed by atoms with Gasteiger partial charge in [0.1, 0.15) is 0 Å². The molecule has 158 valence electrons. The fourth-order valence-electron chi connectivity index (χ4n) is 4.05. The number of nitrogens with zero attached hydrogens (tertiary/aromatic N) is 2. The molecule has 3 aromatic rings. The van der Waals surface area contributed by atoms with E-state index in [1.165, 1.54) is 12.8 Å². The summed E-state index contributed by atoms with van der Waals surface area (Å²) in [6.07, 6.45) is 3.42. The molecular formula is C24H29N3O3. The van der Waals surface area contributed by atoms with E-state index in [9.17, 15) is 0 Å². The molecule has 30 heavy (non-hydrogen) atoms. The van der Waals surface area contributed by atoms with Crippen LogP contribution < -0.4 is 14.8 Å². The largest absolute Gasteiger partial charge is 0.493 e. The summed E-state index contributed by atoms with van der Waals surface area (Å²) in [6.45, 7) is 5.35. The van der Waals surface area contributed by atoms with E-state index in [2.05, 4.69) is 34.5 Å². The second kappa shape index (κ2) is 8.66. The summed E-state index contributed by atoms with van der Waals surface area (Å²) in [5.41, 5.74) is 3.08. The van der Waals surface area contributed by atoms with Crippen LogP contribution in [0.1, 0.15) is 19.3 Å². The molecule has 0 unspecified atom stereocenters. The van der Waals surface area contributed by atoms with Gasteiger partial charge in [0.25, 0.3) is 0 Å². The third kappa shape index (κ3) is 4.16. The van der Waals surface area contributed by atoms with Crippen LogP contribution in [0.25, 0.3) is 21.8 Å². The molecule has 6 nitrogen and oxygen atoms in total. The Morgan fingerprint density at radius 1 is 1.07 bits per heavy atom. The van der Waals surface area contributed by atoms with Crippen LogP contribution in [0.4, 0.5) is 5.69 Å². The lowest BCUT2D eigenvalue weighted by atomic mass is 10.1. The van der Waals surface area contributed by atoms with Gasteiger partial charge in [-0.1, -0.05) is 18.2 Å². The molecule has 0 spiro atoms. The van der Waals surface area contributed by atoms with E-state index < -0.39 is 0 Å². The number of anilines is 1. The molecule has 0 atom stereocenters. The van der Waals surface area contributed by atoms with Gasteiger partial charge in [-0.3, -0.25) is 4.90 Å². The van der Waals surface area contributed by atoms with Crippen molar-refractivity contribution in [1.82, 2.24) is 9.88 Å². The van der Waals surface area contributed by atoms with Crippen molar-refractivity contribution in [3.8, 4) is 11.5 Å². The van der Waals surface area contributed by atoms with Crippen molar-refractivity contribution < 1.29 is 14.2 Å². The van der Waals surface area contributed by atoms with Crippen molar-refractivity contribution in [1.29, 1.82) is 0 Å². The van der Waals surface area contributed by atoms with Crippen LogP contribution in [0, 0.1) is 0 Å². The first kappa shape index (κ1) is 19.4. The lowest BCUT2D eigenvalue weighted by molar-refractivity contribution is 0.0357. The Kier molecular flexibility index (Phi) is 5.60. The van der Waals surface area contributed by atoms with Crippen molar-refractivity contribution in [3.63, 3.8) is 0 Å². The maximum Gasteiger partial charge on any atom is 0.163 e. The standard InChI is InChI=1S/C24H29N3O3/c1-28-22-15-19-21(16-23(22)30-12-4-9-27-10-13-29-14-11-27)26-20-6-3-2-5-18(20)24(19)25-17-7-8-17/h2-3,5-6,15-17H,4,7-14H2,1H3,(H,25,26). The van der Waals surface area contributed by atoms with E-state index in [0.29, 0.717) is 12.6 Å². The van der Waals surface area contributed by atoms with E-state index in [0.717, 1.165) is 78.3 Å². The number of aromatic nitrogens is 1. The van der Waals surface area contributed by atoms with Crippen LogP contribution in [0.15, 0.2) is 36.4 Å². The Morgan fingerprint density at radius 2 is 1.90 bits per heavy atom. The quantitative estimate of drug-likeness (QED) is 0.449. The second-order valence-electron chi connectivity index (χ2n) is 8.10. The first-order chi connectivity index (χ1) is 14.8. The molecule has 1 saturated carbocycles. The number of ether oxygens (including phenoxy) is 3. The number of fused-ring (bicyclic) bond motifs is 2. The molecule has 1 aliphatic carbocycles. The molecular weight excluding hydrogens is 378 g/mol. The highest BCUT2D eigenvalue weighted by atomic mass is 16.5. The SMILES string of the molecule is COc1cc2c(NC3CC3)c3ccccc3nc2cc1OCCCN1CCOCC1. The van der Waals surface area contributed by atoms with E-state index >= 15 is 0 Å². The van der Waals surface area contributed by atoms with Crippen LogP contribution in [-0.4, -0.2) is 62.5 Å². The Labute approximate surface area is 177 Å². The zero-order valence-electron chi connectivity index (χ0n) is 17.5. The third-order valence-electron chi connectivity index (χ3n) is 5.87. The van der Waals surface area contributed by atoms with Crippen LogP contribution in [0.3, 0.4) is 0 Å². The molecule has 1 N–H and O–H groups in total. The number of para-hydroxylation sites is 1. The highest BCUT2D eigenvalue weighted by molar-refractivity contribution is 6.08. The van der Waals surface area contributed by atoms with Gasteiger partial charge in [-0.2, -0.15) is 0 Å². The lowest BCUT2D eigenvalue weighted by Gasteiger charge is -2.26. The molecule has 0 radical (unpaired) electrons. The summed E-state index contributed by atoms with van der Waals surface area (Å²) in [6, 6.07) is 13.0. The average molecular weight is 408 g/mol. The lowest BCUT2D eigenvalue weighted by Crippen LogP contribution is -2.37. The monoisotopic (exact) mass is 407 g/mol. The zero-order valence-corrected chi connectivity index (χ0v) is 17.5. The van der Waals surface area contributed by atoms with Crippen LogP contribution in [-0.2, 0) is 4.74 Å². The first-order valence-corrected chi connectivity index (χ1v) is 10.9. The smallest absolute Gasteiger partial charge is 0.163 e. The molecule has 2 fully saturated rings. The van der Waals surface area contributed by atoms with Gasteiger partial charge in [0.2, 0.25) is 0 Å². The van der Waals surface area contributed by atoms with Crippen molar-refractivity contribution in [3.05, 3.63) is 36.4 Å². The Bertz CT molecular complexity index is 1030. The summed E-state index contributed by atoms with van der Waals surface area (Å²) in [7, 11) is 1.70. The van der Waals surface area contributed by atoms with E-state index in [-0.39, 0.29) is 0 Å². The summed E-state index contributed by atoms with van der Waals surface area (Å²) >= 11 is 0. The number of rotatable bonds is 8. The van der Waals surface area contributed by atoms with Crippen LogP contribution in [0.5, 0.6) is 11.5 Å². The molecule has 0 amide bonds. The minimum absolute atomic E-state index is 0.557. The zero-order chi connectivity index (χ0) is 20.3. The number of hydrogen-bond donors (Lipinski definition) is 1. The number of hydrogen-bond acceptors (Lipinski definition) is 6. The van der Waals surface area contributed by atoms with Crippen molar-refractivity contribution in [2.24, 2.45) is 0 Å². The van der Waals surface area contributed by atoms with Crippen molar-refractivity contribution in [2.75, 3.05) is 51.9 Å². The number of methoxy groups -OCH3 is 1. The fraction of sp³-hybridized carbons (Fsp3) is 0.458. The summed E-state index contributed by atoms with van der Waals surface area (Å²) < 4.78 is 17.2. The van der Waals surface area contributed by atoms with Gasteiger partial charge in [0.05, 0.1) is 43.7 Å². The van der Waals surface area contributed by atoms with E-state index in [1.807, 2.05) is 12.1 Å². The molecule has 1 aliphatic heterocycles. The van der Waals surface area contributed by atoms with Crippen LogP contribution in [0.2, 0.25) is 0 Å². The Balaban J connectivity index is 1.40. The highest BCUT2D eigenvalue weighted by Gasteiger charge is 2.23. The Hall–Kier alpha value is -2.57. The predicted octanol–water partition coefficient (Wildman–Crippen LogP) is 4.07. The van der Waals surface area contributed by atoms with E-state index in [4.69, 9.17) is 19.2 Å². The second-order valence-corrected chi connectivity index (χ2v) is 8.10. The molecule has 6 heteroatoms. The number of morpholine rings is 1. The van der Waals surface area contributed by atoms with Gasteiger partial charge in [0.15, 0.2) is 11.5 Å². The third-order valence-corrected chi connectivity index (χ3v) is 5.87. The fourth-order valence-corrected chi connectivity index (χ4v) is 4.05. The number of pyridine rings is 1. The Morgan fingerprint density at radius 3 is 2.70 bits per heavy atom.